The number of nitrogens with zero attached hydrogens (tertiary/aromatic N) is 1. The van der Waals surface area contributed by atoms with Crippen molar-refractivity contribution in [1.29, 1.82) is 0 Å². The number of carbonyl (C=O) groups is 2. The average molecular weight is 1140 g/mol. The Bertz CT molecular complexity index is 2930. The molecule has 0 saturated heterocycles. The molecule has 0 aliphatic rings. The molecule has 0 bridgehead atoms. The highest BCUT2D eigenvalue weighted by Crippen LogP contribution is 2.41. The standard InChI is InChI=1S/C32H12BF24.C18H14NO2/c34-25(35,36)13-1-14(26(37,38)39)6-21(5-13)33(22-7-15(27(40,41)42)2-16(8-22)28(43,44)45,23-9-17(29(46,47)48)3-18(10-23)30(49,50)51)24-11-19(31(52,53)54)4-20(12-24)32(55,56)57;20-13-16-11-10-14-6-4-5-9-17(14)19(16)12-18(21)15-7-2-1-3-8-15/h1-12H;1-11,13H,12H2/q-1;+1. The third kappa shape index (κ3) is 13.1. The van der Waals surface area contributed by atoms with E-state index in [0.29, 0.717) is 11.3 Å². The summed E-state index contributed by atoms with van der Waals surface area (Å²) < 4.78 is 343. The number of pyridine rings is 1. The summed E-state index contributed by atoms with van der Waals surface area (Å²) >= 11 is 0. The van der Waals surface area contributed by atoms with Gasteiger partial charge in [-0.2, -0.15) is 132 Å². The normalized spacial score (nSPS) is 13.3. The number of alkyl halides is 24. The van der Waals surface area contributed by atoms with Gasteiger partial charge in [-0.1, -0.05) is 91.0 Å². The zero-order valence-electron chi connectivity index (χ0n) is 38.0. The predicted molar refractivity (Wildman–Crippen MR) is 230 cm³/mol. The number of aldehydes is 1. The third-order valence-electron chi connectivity index (χ3n) is 11.9. The number of benzene rings is 6. The highest BCUT2D eigenvalue weighted by molar-refractivity contribution is 7.20. The van der Waals surface area contributed by atoms with Gasteiger partial charge >= 0.3 is 49.4 Å². The lowest BCUT2D eigenvalue weighted by Gasteiger charge is -2.46. The Hall–Kier alpha value is -7.55. The smallest absolute Gasteiger partial charge is 0.291 e. The molecule has 0 aliphatic heterocycles. The van der Waals surface area contributed by atoms with E-state index in [9.17, 15) is 115 Å². The Morgan fingerprint density at radius 1 is 0.359 bits per heavy atom. The summed E-state index contributed by atoms with van der Waals surface area (Å²) in [6.07, 6.45) is -54.0. The molecule has 7 aromatic rings. The van der Waals surface area contributed by atoms with Crippen molar-refractivity contribution in [2.75, 3.05) is 0 Å². The highest BCUT2D eigenvalue weighted by Gasteiger charge is 2.47. The van der Waals surface area contributed by atoms with Crippen LogP contribution in [0.1, 0.15) is 65.4 Å². The molecule has 0 N–H and O–H groups in total. The van der Waals surface area contributed by atoms with Gasteiger partial charge in [-0.25, -0.2) is 0 Å². The molecule has 414 valence electrons. The lowest BCUT2D eigenvalue weighted by Crippen LogP contribution is -2.75. The van der Waals surface area contributed by atoms with Crippen LogP contribution in [0.2, 0.25) is 0 Å². The summed E-state index contributed by atoms with van der Waals surface area (Å²) in [6.45, 7) is 0.152. The Morgan fingerprint density at radius 3 is 0.897 bits per heavy atom. The van der Waals surface area contributed by atoms with Crippen molar-refractivity contribution in [3.63, 3.8) is 0 Å². The van der Waals surface area contributed by atoms with Crippen molar-refractivity contribution in [3.8, 4) is 0 Å². The lowest BCUT2D eigenvalue weighted by molar-refractivity contribution is -0.658. The Kier molecular flexibility index (Phi) is 15.8. The van der Waals surface area contributed by atoms with Crippen molar-refractivity contribution < 1.29 is 120 Å². The minimum absolute atomic E-state index is 0.0138. The highest BCUT2D eigenvalue weighted by atomic mass is 19.4. The van der Waals surface area contributed by atoms with Crippen LogP contribution in [0.5, 0.6) is 0 Å². The number of halogens is 24. The Balaban J connectivity index is 0.000000387. The van der Waals surface area contributed by atoms with Gasteiger partial charge in [0.15, 0.2) is 0 Å². The van der Waals surface area contributed by atoms with Crippen LogP contribution in [0.15, 0.2) is 140 Å². The van der Waals surface area contributed by atoms with Crippen LogP contribution in [-0.2, 0) is 56.0 Å². The van der Waals surface area contributed by atoms with Crippen LogP contribution >= 0.6 is 0 Å². The number of fused-ring (bicyclic) bond motifs is 1. The van der Waals surface area contributed by atoms with Gasteiger partial charge in [0.25, 0.3) is 0 Å². The van der Waals surface area contributed by atoms with Gasteiger partial charge in [-0.05, 0) is 36.4 Å². The molecule has 1 heterocycles. The molecule has 0 amide bonds. The molecule has 78 heavy (non-hydrogen) atoms. The summed E-state index contributed by atoms with van der Waals surface area (Å²) in [6, 6.07) is 11.7. The molecule has 7 rings (SSSR count). The van der Waals surface area contributed by atoms with Crippen LogP contribution < -0.4 is 26.4 Å². The third-order valence-corrected chi connectivity index (χ3v) is 11.9. The van der Waals surface area contributed by atoms with E-state index < -0.39 is 195 Å². The number of carbonyl (C=O) groups excluding carboxylic acids is 2. The topological polar surface area (TPSA) is 38.0 Å². The van der Waals surface area contributed by atoms with Crippen LogP contribution in [0, 0.1) is 0 Å². The van der Waals surface area contributed by atoms with Gasteiger partial charge in [0.1, 0.15) is 6.15 Å². The molecular weight excluding hydrogens is 1110 g/mol. The first-order chi connectivity index (χ1) is 35.6. The number of Topliss-reactive ketones (excluding diaryl/α,β-unsaturated/α-hetero) is 1. The molecule has 0 radical (unpaired) electrons. The van der Waals surface area contributed by atoms with Gasteiger partial charge in [0.2, 0.25) is 29.8 Å². The zero-order chi connectivity index (χ0) is 58.6. The van der Waals surface area contributed by atoms with E-state index >= 15 is 0 Å². The zero-order valence-corrected chi connectivity index (χ0v) is 38.0. The monoisotopic (exact) mass is 1140 g/mol. The summed E-state index contributed by atoms with van der Waals surface area (Å²) in [7, 11) is 0. The van der Waals surface area contributed by atoms with E-state index in [0.717, 1.165) is 17.2 Å². The van der Waals surface area contributed by atoms with E-state index in [1.165, 1.54) is 0 Å². The molecule has 0 spiro atoms. The fraction of sp³-hybridized carbons (Fsp3) is 0.180. The maximum Gasteiger partial charge on any atom is 0.416 e. The Labute approximate surface area is 421 Å². The number of rotatable bonds is 8. The van der Waals surface area contributed by atoms with Gasteiger partial charge in [-0.15, -0.1) is 0 Å². The van der Waals surface area contributed by atoms with Crippen molar-refractivity contribution in [1.82, 2.24) is 0 Å². The van der Waals surface area contributed by atoms with E-state index in [2.05, 4.69) is 0 Å². The quantitative estimate of drug-likeness (QED) is 0.0500. The molecular formula is C50H26BF24NO2. The first-order valence-corrected chi connectivity index (χ1v) is 21.4. The minimum Gasteiger partial charge on any atom is -0.291 e. The average Bonchev–Trinajstić information content (AvgIpc) is 3.37. The number of para-hydroxylation sites is 1. The molecule has 0 saturated carbocycles. The number of hydrogen-bond donors (Lipinski definition) is 0. The van der Waals surface area contributed by atoms with Crippen LogP contribution in [0.3, 0.4) is 0 Å². The van der Waals surface area contributed by atoms with Crippen molar-refractivity contribution in [2.24, 2.45) is 0 Å². The van der Waals surface area contributed by atoms with E-state index in [4.69, 9.17) is 0 Å². The second kappa shape index (κ2) is 20.7. The molecule has 3 nitrogen and oxygen atoms in total. The van der Waals surface area contributed by atoms with E-state index in [1.807, 2.05) is 48.5 Å². The molecule has 0 aliphatic carbocycles. The largest absolute Gasteiger partial charge is 0.416 e. The molecule has 28 heteroatoms. The van der Waals surface area contributed by atoms with E-state index in [1.54, 1.807) is 22.8 Å². The van der Waals surface area contributed by atoms with Gasteiger partial charge in [-0.3, -0.25) is 9.59 Å². The van der Waals surface area contributed by atoms with Crippen molar-refractivity contribution in [3.05, 3.63) is 195 Å². The van der Waals surface area contributed by atoms with Gasteiger partial charge in [0.05, 0.1) is 44.5 Å². The molecule has 6 aromatic carbocycles. The number of hydrogen-bond acceptors (Lipinski definition) is 2. The summed E-state index contributed by atoms with van der Waals surface area (Å²) in [5.41, 5.74) is -28.2. The number of ketones is 1. The summed E-state index contributed by atoms with van der Waals surface area (Å²) in [4.78, 5) is 23.6. The SMILES string of the molecule is FC(F)(F)c1cc([B-](c2cc(C(F)(F)F)cc(C(F)(F)F)c2)(c2cc(C(F)(F)F)cc(C(F)(F)F)c2)c2cc(C(F)(F)F)cc(C(F)(F)F)c2)cc(C(F)(F)F)c1.O=Cc1ccc2ccccc2[n+]1CC(=O)c1ccccc1. The van der Waals surface area contributed by atoms with Gasteiger partial charge in [0, 0.05) is 23.1 Å². The lowest BCUT2D eigenvalue weighted by atomic mass is 9.12. The van der Waals surface area contributed by atoms with Crippen LogP contribution in [0.4, 0.5) is 105 Å². The minimum atomic E-state index is -6.13. The molecule has 0 unspecified atom stereocenters. The maximum atomic E-state index is 14.2. The van der Waals surface area contributed by atoms with Crippen LogP contribution in [-0.4, -0.2) is 18.2 Å². The predicted octanol–water partition coefficient (Wildman–Crippen LogP) is 14.0. The fourth-order valence-corrected chi connectivity index (χ4v) is 8.49. The van der Waals surface area contributed by atoms with Crippen molar-refractivity contribution >= 4 is 51.0 Å². The maximum absolute atomic E-state index is 14.2. The summed E-state index contributed by atoms with van der Waals surface area (Å²) in [5, 5.41) is 1.00. The Morgan fingerprint density at radius 2 is 0.628 bits per heavy atom. The first kappa shape index (κ1) is 59.7. The second-order valence-corrected chi connectivity index (χ2v) is 17.0. The molecule has 0 fully saturated rings. The molecule has 1 aromatic heterocycles. The second-order valence-electron chi connectivity index (χ2n) is 17.0. The van der Waals surface area contributed by atoms with Crippen LogP contribution in [0.25, 0.3) is 10.9 Å². The molecule has 0 atom stereocenters. The van der Waals surface area contributed by atoms with Gasteiger partial charge < -0.3 is 0 Å². The fourth-order valence-electron chi connectivity index (χ4n) is 8.49. The first-order valence-electron chi connectivity index (χ1n) is 21.4. The summed E-state index contributed by atoms with van der Waals surface area (Å²) in [5.74, 6) is -0.0138. The number of aromatic nitrogens is 1. The van der Waals surface area contributed by atoms with Crippen molar-refractivity contribution in [2.45, 2.75) is 56.0 Å². The van der Waals surface area contributed by atoms with E-state index in [-0.39, 0.29) is 12.3 Å².